The van der Waals surface area contributed by atoms with Gasteiger partial charge in [0.2, 0.25) is 5.89 Å². The summed E-state index contributed by atoms with van der Waals surface area (Å²) in [7, 11) is 0. The van der Waals surface area contributed by atoms with Gasteiger partial charge in [-0.15, -0.1) is 0 Å². The third-order valence-corrected chi connectivity index (χ3v) is 4.80. The number of guanidine groups is 1. The highest BCUT2D eigenvalue weighted by Crippen LogP contribution is 2.46. The molecule has 25 heavy (non-hydrogen) atoms. The average molecular weight is 350 g/mol. The average Bonchev–Trinajstić information content (AvgIpc) is 2.98. The Balaban J connectivity index is 1.84. The van der Waals surface area contributed by atoms with Crippen LogP contribution in [-0.2, 0) is 6.42 Å². The van der Waals surface area contributed by atoms with Crippen LogP contribution in [0.4, 0.5) is 0 Å². The molecule has 1 aromatic heterocycles. The molecule has 0 aliphatic heterocycles. The molecule has 1 heterocycles. The molecule has 6 heteroatoms. The summed E-state index contributed by atoms with van der Waals surface area (Å²) in [5, 5.41) is 10.7. The Bertz CT molecular complexity index is 546. The molecule has 1 fully saturated rings. The Labute approximate surface area is 152 Å². The van der Waals surface area contributed by atoms with Gasteiger partial charge in [-0.2, -0.15) is 4.98 Å². The van der Waals surface area contributed by atoms with Gasteiger partial charge in [-0.25, -0.2) is 0 Å². The first-order valence-corrected chi connectivity index (χ1v) is 9.79. The zero-order valence-corrected chi connectivity index (χ0v) is 16.6. The van der Waals surface area contributed by atoms with Crippen molar-refractivity contribution in [2.45, 2.75) is 72.6 Å². The maximum Gasteiger partial charge on any atom is 0.228 e. The Hall–Kier alpha value is -1.59. The van der Waals surface area contributed by atoms with Crippen molar-refractivity contribution in [2.75, 3.05) is 19.6 Å². The molecule has 6 nitrogen and oxygen atoms in total. The van der Waals surface area contributed by atoms with E-state index in [1.807, 2.05) is 0 Å². The molecule has 2 rings (SSSR count). The Morgan fingerprint density at radius 2 is 2.00 bits per heavy atom. The van der Waals surface area contributed by atoms with Crippen molar-refractivity contribution >= 4 is 5.96 Å². The molecular weight excluding hydrogens is 314 g/mol. The van der Waals surface area contributed by atoms with Crippen molar-refractivity contribution in [3.63, 3.8) is 0 Å². The van der Waals surface area contributed by atoms with Gasteiger partial charge in [0, 0.05) is 32.0 Å². The number of nitrogens with one attached hydrogen (secondary N) is 2. The summed E-state index contributed by atoms with van der Waals surface area (Å²) in [5.41, 5.74) is 0.426. The maximum atomic E-state index is 5.29. The van der Waals surface area contributed by atoms with Crippen molar-refractivity contribution in [1.29, 1.82) is 0 Å². The molecule has 1 saturated carbocycles. The van der Waals surface area contributed by atoms with E-state index >= 15 is 0 Å². The first-order chi connectivity index (χ1) is 11.9. The van der Waals surface area contributed by atoms with E-state index in [1.165, 1.54) is 25.7 Å². The number of aliphatic imine (C=N–C) groups is 1. The van der Waals surface area contributed by atoms with Gasteiger partial charge in [0.05, 0.1) is 0 Å². The molecule has 0 atom stereocenters. The lowest BCUT2D eigenvalue weighted by Gasteiger charge is -2.42. The number of aromatic nitrogens is 2. The van der Waals surface area contributed by atoms with Crippen LogP contribution < -0.4 is 10.6 Å². The van der Waals surface area contributed by atoms with Gasteiger partial charge >= 0.3 is 0 Å². The second kappa shape index (κ2) is 9.20. The molecule has 0 radical (unpaired) electrons. The standard InChI is InChI=1S/C19H35N5O/c1-6-20-18(22-13-19(9-7-10-19)12-14(2)3)21-11-8-16-23-17(15(4)5)24-25-16/h14-15H,6-13H2,1-5H3,(H2,20,21,22). The van der Waals surface area contributed by atoms with Gasteiger partial charge in [-0.05, 0) is 37.5 Å². The lowest BCUT2D eigenvalue weighted by Crippen LogP contribution is -2.41. The summed E-state index contributed by atoms with van der Waals surface area (Å²) < 4.78 is 5.29. The predicted octanol–water partition coefficient (Wildman–Crippen LogP) is 3.51. The molecule has 0 aromatic carbocycles. The molecule has 0 spiro atoms. The zero-order valence-electron chi connectivity index (χ0n) is 16.6. The normalized spacial score (nSPS) is 17.0. The van der Waals surface area contributed by atoms with Crippen LogP contribution in [0.25, 0.3) is 0 Å². The van der Waals surface area contributed by atoms with Crippen LogP contribution in [0.3, 0.4) is 0 Å². The molecule has 1 aliphatic rings. The fourth-order valence-corrected chi connectivity index (χ4v) is 3.45. The number of nitrogens with zero attached hydrogens (tertiary/aromatic N) is 3. The van der Waals surface area contributed by atoms with Crippen LogP contribution in [0.5, 0.6) is 0 Å². The highest BCUT2D eigenvalue weighted by molar-refractivity contribution is 5.79. The summed E-state index contributed by atoms with van der Waals surface area (Å²) in [4.78, 5) is 9.27. The molecule has 2 N–H and O–H groups in total. The van der Waals surface area contributed by atoms with Crippen molar-refractivity contribution in [3.05, 3.63) is 11.7 Å². The van der Waals surface area contributed by atoms with Crippen LogP contribution in [-0.4, -0.2) is 35.7 Å². The summed E-state index contributed by atoms with van der Waals surface area (Å²) in [6.45, 7) is 13.4. The summed E-state index contributed by atoms with van der Waals surface area (Å²) in [6.07, 6.45) is 5.96. The van der Waals surface area contributed by atoms with Crippen LogP contribution in [0.1, 0.15) is 77.9 Å². The lowest BCUT2D eigenvalue weighted by atomic mass is 9.64. The molecule has 0 saturated heterocycles. The van der Waals surface area contributed by atoms with Gasteiger partial charge in [-0.1, -0.05) is 39.3 Å². The predicted molar refractivity (Wildman–Crippen MR) is 102 cm³/mol. The minimum Gasteiger partial charge on any atom is -0.357 e. The van der Waals surface area contributed by atoms with E-state index in [0.29, 0.717) is 23.6 Å². The summed E-state index contributed by atoms with van der Waals surface area (Å²) in [6, 6.07) is 0. The van der Waals surface area contributed by atoms with E-state index in [9.17, 15) is 0 Å². The minimum atomic E-state index is 0.295. The van der Waals surface area contributed by atoms with Crippen LogP contribution in [0.15, 0.2) is 9.52 Å². The zero-order chi connectivity index (χ0) is 18.3. The van der Waals surface area contributed by atoms with Gasteiger partial charge in [0.25, 0.3) is 0 Å². The fourth-order valence-electron chi connectivity index (χ4n) is 3.45. The second-order valence-electron chi connectivity index (χ2n) is 8.02. The van der Waals surface area contributed by atoms with Crippen LogP contribution >= 0.6 is 0 Å². The molecular formula is C19H35N5O. The van der Waals surface area contributed by atoms with E-state index in [2.05, 4.69) is 55.4 Å². The largest absolute Gasteiger partial charge is 0.357 e. The van der Waals surface area contributed by atoms with Crippen LogP contribution in [0.2, 0.25) is 0 Å². The highest BCUT2D eigenvalue weighted by Gasteiger charge is 2.37. The van der Waals surface area contributed by atoms with Gasteiger partial charge < -0.3 is 15.2 Å². The van der Waals surface area contributed by atoms with E-state index in [4.69, 9.17) is 9.52 Å². The third-order valence-electron chi connectivity index (χ3n) is 4.80. The van der Waals surface area contributed by atoms with Crippen molar-refractivity contribution in [3.8, 4) is 0 Å². The molecule has 0 unspecified atom stereocenters. The van der Waals surface area contributed by atoms with Gasteiger partial charge in [0.1, 0.15) is 0 Å². The number of hydrogen-bond acceptors (Lipinski definition) is 4. The SMILES string of the molecule is CCNC(=NCC1(CC(C)C)CCC1)NCCc1nc(C(C)C)no1. The Morgan fingerprint density at radius 1 is 1.24 bits per heavy atom. The van der Waals surface area contributed by atoms with Gasteiger partial charge in [0.15, 0.2) is 11.8 Å². The van der Waals surface area contributed by atoms with E-state index in [0.717, 1.165) is 37.3 Å². The molecule has 0 amide bonds. The molecule has 1 aliphatic carbocycles. The van der Waals surface area contributed by atoms with E-state index < -0.39 is 0 Å². The Morgan fingerprint density at radius 3 is 2.52 bits per heavy atom. The minimum absolute atomic E-state index is 0.295. The van der Waals surface area contributed by atoms with Crippen molar-refractivity contribution in [1.82, 2.24) is 20.8 Å². The quantitative estimate of drug-likeness (QED) is 0.527. The summed E-state index contributed by atoms with van der Waals surface area (Å²) in [5.74, 6) is 3.38. The van der Waals surface area contributed by atoms with Crippen molar-refractivity contribution < 1.29 is 4.52 Å². The van der Waals surface area contributed by atoms with Crippen molar-refractivity contribution in [2.24, 2.45) is 16.3 Å². The van der Waals surface area contributed by atoms with E-state index in [-0.39, 0.29) is 0 Å². The molecule has 142 valence electrons. The number of hydrogen-bond donors (Lipinski definition) is 2. The number of rotatable bonds is 9. The highest BCUT2D eigenvalue weighted by atomic mass is 16.5. The van der Waals surface area contributed by atoms with E-state index in [1.54, 1.807) is 0 Å². The monoisotopic (exact) mass is 349 g/mol. The maximum absolute atomic E-state index is 5.29. The first kappa shape index (κ1) is 19.7. The summed E-state index contributed by atoms with van der Waals surface area (Å²) >= 11 is 0. The van der Waals surface area contributed by atoms with Gasteiger partial charge in [-0.3, -0.25) is 4.99 Å². The molecule has 1 aromatic rings. The fraction of sp³-hybridized carbons (Fsp3) is 0.842. The van der Waals surface area contributed by atoms with Crippen LogP contribution in [0, 0.1) is 11.3 Å². The second-order valence-corrected chi connectivity index (χ2v) is 8.02. The first-order valence-electron chi connectivity index (χ1n) is 9.79. The smallest absolute Gasteiger partial charge is 0.228 e. The Kier molecular flexibility index (Phi) is 7.26. The topological polar surface area (TPSA) is 75.3 Å². The lowest BCUT2D eigenvalue weighted by molar-refractivity contribution is 0.111. The molecule has 0 bridgehead atoms. The third kappa shape index (κ3) is 6.01.